The highest BCUT2D eigenvalue weighted by atomic mass is 79.9. The van der Waals surface area contributed by atoms with Crippen molar-refractivity contribution in [1.82, 2.24) is 9.78 Å². The lowest BCUT2D eigenvalue weighted by Gasteiger charge is -2.12. The molecule has 2 N–H and O–H groups in total. The fourth-order valence-corrected chi connectivity index (χ4v) is 3.07. The van der Waals surface area contributed by atoms with Crippen LogP contribution in [0.1, 0.15) is 11.1 Å². The second-order valence-corrected chi connectivity index (χ2v) is 7.05. The van der Waals surface area contributed by atoms with Crippen molar-refractivity contribution < 1.29 is 4.74 Å². The number of aryl methyl sites for hydroxylation is 1. The molecule has 3 rings (SSSR count). The highest BCUT2D eigenvalue weighted by molar-refractivity contribution is 9.10. The number of halogens is 1. The average molecular weight is 431 g/mol. The van der Waals surface area contributed by atoms with Crippen LogP contribution in [-0.4, -0.2) is 22.0 Å². The molecule has 0 saturated carbocycles. The largest absolute Gasteiger partial charge is 0.495 e. The van der Waals surface area contributed by atoms with E-state index in [2.05, 4.69) is 62.9 Å². The summed E-state index contributed by atoms with van der Waals surface area (Å²) in [6.45, 7) is 2.76. The predicted molar refractivity (Wildman–Crippen MR) is 113 cm³/mol. The third-order valence-electron chi connectivity index (χ3n) is 3.77. The SMILES string of the molecule is COc1ccccc1NC(=S)Nc1nn(Cc2ccc(C)cc2)cc1Br. The van der Waals surface area contributed by atoms with Gasteiger partial charge in [0.05, 0.1) is 23.8 Å². The molecule has 1 heterocycles. The second kappa shape index (κ2) is 8.33. The highest BCUT2D eigenvalue weighted by Gasteiger charge is 2.10. The van der Waals surface area contributed by atoms with Gasteiger partial charge < -0.3 is 15.4 Å². The molecule has 0 saturated heterocycles. The Kier molecular flexibility index (Phi) is 5.90. The maximum atomic E-state index is 5.39. The third kappa shape index (κ3) is 4.62. The fourth-order valence-electron chi connectivity index (χ4n) is 2.45. The van der Waals surface area contributed by atoms with Crippen LogP contribution in [0.4, 0.5) is 11.5 Å². The molecule has 7 heteroatoms. The standard InChI is InChI=1S/C19H19BrN4OS/c1-13-7-9-14(10-8-13)11-24-12-15(20)18(23-24)22-19(26)21-16-5-3-4-6-17(16)25-2/h3-10,12H,11H2,1-2H3,(H2,21,22,23,26). The Morgan fingerprint density at radius 2 is 1.88 bits per heavy atom. The predicted octanol–water partition coefficient (Wildman–Crippen LogP) is 4.82. The monoisotopic (exact) mass is 430 g/mol. The fraction of sp³-hybridized carbons (Fsp3) is 0.158. The lowest BCUT2D eigenvalue weighted by atomic mass is 10.1. The summed E-state index contributed by atoms with van der Waals surface area (Å²) < 4.78 is 8.03. The molecule has 0 unspecified atom stereocenters. The van der Waals surface area contributed by atoms with Crippen LogP contribution in [0.3, 0.4) is 0 Å². The third-order valence-corrected chi connectivity index (χ3v) is 4.55. The lowest BCUT2D eigenvalue weighted by molar-refractivity contribution is 0.417. The zero-order valence-electron chi connectivity index (χ0n) is 14.5. The van der Waals surface area contributed by atoms with Crippen molar-refractivity contribution in [3.63, 3.8) is 0 Å². The first kappa shape index (κ1) is 18.4. The normalized spacial score (nSPS) is 10.4. The minimum Gasteiger partial charge on any atom is -0.495 e. The van der Waals surface area contributed by atoms with Gasteiger partial charge in [0.25, 0.3) is 0 Å². The van der Waals surface area contributed by atoms with Crippen LogP contribution in [0.15, 0.2) is 59.2 Å². The Morgan fingerprint density at radius 3 is 2.62 bits per heavy atom. The second-order valence-electron chi connectivity index (χ2n) is 5.79. The number of rotatable bonds is 5. The topological polar surface area (TPSA) is 51.1 Å². The van der Waals surface area contributed by atoms with E-state index < -0.39 is 0 Å². The molecule has 0 amide bonds. The number of nitrogens with zero attached hydrogens (tertiary/aromatic N) is 2. The van der Waals surface area contributed by atoms with Crippen molar-refractivity contribution >= 4 is 44.8 Å². The van der Waals surface area contributed by atoms with E-state index in [4.69, 9.17) is 17.0 Å². The van der Waals surface area contributed by atoms with Gasteiger partial charge in [0.2, 0.25) is 0 Å². The summed E-state index contributed by atoms with van der Waals surface area (Å²) in [5.41, 5.74) is 3.22. The number of thiocarbonyl (C=S) groups is 1. The average Bonchev–Trinajstić information content (AvgIpc) is 2.96. The van der Waals surface area contributed by atoms with Crippen molar-refractivity contribution in [3.8, 4) is 5.75 Å². The molecule has 26 heavy (non-hydrogen) atoms. The van der Waals surface area contributed by atoms with Gasteiger partial charge in [-0.1, -0.05) is 42.0 Å². The molecule has 0 bridgehead atoms. The Balaban J connectivity index is 1.67. The van der Waals surface area contributed by atoms with Crippen LogP contribution in [-0.2, 0) is 6.54 Å². The maximum absolute atomic E-state index is 5.39. The van der Waals surface area contributed by atoms with Gasteiger partial charge in [-0.05, 0) is 52.8 Å². The first-order valence-electron chi connectivity index (χ1n) is 8.04. The van der Waals surface area contributed by atoms with Gasteiger partial charge in [-0.2, -0.15) is 5.10 Å². The Labute approximate surface area is 166 Å². The van der Waals surface area contributed by atoms with Gasteiger partial charge in [-0.15, -0.1) is 0 Å². The Bertz CT molecular complexity index is 908. The highest BCUT2D eigenvalue weighted by Crippen LogP contribution is 2.24. The summed E-state index contributed by atoms with van der Waals surface area (Å²) in [5.74, 6) is 1.38. The Hall–Kier alpha value is -2.38. The minimum atomic E-state index is 0.441. The summed E-state index contributed by atoms with van der Waals surface area (Å²) in [7, 11) is 1.63. The summed E-state index contributed by atoms with van der Waals surface area (Å²) in [6.07, 6.45) is 1.92. The van der Waals surface area contributed by atoms with Gasteiger partial charge in [0.1, 0.15) is 5.75 Å². The molecule has 0 aliphatic carbocycles. The molecular formula is C19H19BrN4OS. The number of hydrogen-bond acceptors (Lipinski definition) is 3. The van der Waals surface area contributed by atoms with E-state index in [1.807, 2.05) is 35.1 Å². The molecule has 0 fully saturated rings. The van der Waals surface area contributed by atoms with Crippen molar-refractivity contribution in [2.45, 2.75) is 13.5 Å². The first-order valence-corrected chi connectivity index (χ1v) is 9.25. The van der Waals surface area contributed by atoms with Gasteiger partial charge in [0, 0.05) is 6.20 Å². The number of para-hydroxylation sites is 2. The maximum Gasteiger partial charge on any atom is 0.176 e. The minimum absolute atomic E-state index is 0.441. The molecule has 5 nitrogen and oxygen atoms in total. The van der Waals surface area contributed by atoms with Gasteiger partial charge in [-0.3, -0.25) is 4.68 Å². The molecule has 1 aromatic heterocycles. The summed E-state index contributed by atoms with van der Waals surface area (Å²) in [6, 6.07) is 16.0. The van der Waals surface area contributed by atoms with Crippen molar-refractivity contribution in [2.75, 3.05) is 17.7 Å². The lowest BCUT2D eigenvalue weighted by Crippen LogP contribution is -2.20. The quantitative estimate of drug-likeness (QED) is 0.568. The molecule has 0 atom stereocenters. The number of anilines is 2. The van der Waals surface area contributed by atoms with E-state index in [1.54, 1.807) is 7.11 Å². The van der Waals surface area contributed by atoms with Crippen LogP contribution in [0.5, 0.6) is 5.75 Å². The summed E-state index contributed by atoms with van der Waals surface area (Å²) in [5, 5.41) is 11.2. The molecule has 0 aliphatic rings. The van der Waals surface area contributed by atoms with E-state index in [-0.39, 0.29) is 0 Å². The smallest absolute Gasteiger partial charge is 0.176 e. The molecule has 0 aliphatic heterocycles. The van der Waals surface area contributed by atoms with Gasteiger partial charge in [0.15, 0.2) is 10.9 Å². The summed E-state index contributed by atoms with van der Waals surface area (Å²) >= 11 is 8.92. The Morgan fingerprint density at radius 1 is 1.15 bits per heavy atom. The van der Waals surface area contributed by atoms with E-state index in [9.17, 15) is 0 Å². The van der Waals surface area contributed by atoms with Gasteiger partial charge >= 0.3 is 0 Å². The van der Waals surface area contributed by atoms with E-state index in [0.717, 1.165) is 15.9 Å². The van der Waals surface area contributed by atoms with Crippen LogP contribution in [0.2, 0.25) is 0 Å². The van der Waals surface area contributed by atoms with Crippen molar-refractivity contribution in [1.29, 1.82) is 0 Å². The number of benzene rings is 2. The number of aromatic nitrogens is 2. The van der Waals surface area contributed by atoms with E-state index in [0.29, 0.717) is 17.5 Å². The van der Waals surface area contributed by atoms with Crippen LogP contribution in [0, 0.1) is 6.92 Å². The molecule has 134 valence electrons. The first-order chi connectivity index (χ1) is 12.5. The molecule has 2 aromatic carbocycles. The molecule has 0 spiro atoms. The van der Waals surface area contributed by atoms with Crippen LogP contribution >= 0.6 is 28.1 Å². The van der Waals surface area contributed by atoms with Crippen LogP contribution < -0.4 is 15.4 Å². The summed E-state index contributed by atoms with van der Waals surface area (Å²) in [4.78, 5) is 0. The van der Waals surface area contributed by atoms with E-state index >= 15 is 0 Å². The number of nitrogens with one attached hydrogen (secondary N) is 2. The van der Waals surface area contributed by atoms with Crippen LogP contribution in [0.25, 0.3) is 0 Å². The molecular weight excluding hydrogens is 412 g/mol. The van der Waals surface area contributed by atoms with Crippen molar-refractivity contribution in [3.05, 3.63) is 70.3 Å². The number of ether oxygens (including phenoxy) is 1. The van der Waals surface area contributed by atoms with Crippen molar-refractivity contribution in [2.24, 2.45) is 0 Å². The zero-order chi connectivity index (χ0) is 18.5. The molecule has 3 aromatic rings. The van der Waals surface area contributed by atoms with Gasteiger partial charge in [-0.25, -0.2) is 0 Å². The zero-order valence-corrected chi connectivity index (χ0v) is 16.9. The number of methoxy groups -OCH3 is 1. The van der Waals surface area contributed by atoms with E-state index in [1.165, 1.54) is 11.1 Å². The number of hydrogen-bond donors (Lipinski definition) is 2. The molecule has 0 radical (unpaired) electrons.